The molecule has 110 valence electrons. The first kappa shape index (κ1) is 16.0. The van der Waals surface area contributed by atoms with E-state index in [2.05, 4.69) is 16.8 Å². The molecule has 0 bridgehead atoms. The van der Waals surface area contributed by atoms with E-state index in [1.807, 2.05) is 21.0 Å². The molecule has 1 aromatic rings. The number of methoxy groups -OCH3 is 1. The number of hydrogen-bond donors (Lipinski definition) is 2. The molecular weight excluding hydrogens is 254 g/mol. The number of likely N-dealkylation sites (N-methyl/N-ethyl adjacent to an activating group) is 1. The SMILES string of the molecule is C=CC(=O)Nc1cc(N)c(C)c(OC)c1CCN(C)C. The molecule has 0 unspecified atom stereocenters. The molecule has 3 N–H and O–H groups in total. The first-order chi connectivity index (χ1) is 9.40. The summed E-state index contributed by atoms with van der Waals surface area (Å²) in [5, 5.41) is 2.79. The molecular formula is C15H23N3O2. The summed E-state index contributed by atoms with van der Waals surface area (Å²) >= 11 is 0. The highest BCUT2D eigenvalue weighted by molar-refractivity contribution is 6.00. The number of nitrogens with two attached hydrogens (primary N) is 1. The summed E-state index contributed by atoms with van der Waals surface area (Å²) in [6, 6.07) is 1.77. The standard InChI is InChI=1S/C15H23N3O2/c1-6-14(19)17-13-9-12(16)10(2)15(20-5)11(13)7-8-18(3)4/h6,9H,1,7-8,16H2,2-5H3,(H,17,19). The Balaban J connectivity index is 3.27. The Labute approximate surface area is 120 Å². The monoisotopic (exact) mass is 277 g/mol. The number of nitrogens with zero attached hydrogens (tertiary/aromatic N) is 1. The molecule has 5 heteroatoms. The number of rotatable bonds is 6. The number of ether oxygens (including phenoxy) is 1. The molecule has 0 aromatic heterocycles. The lowest BCUT2D eigenvalue weighted by Crippen LogP contribution is -2.18. The van der Waals surface area contributed by atoms with Crippen molar-refractivity contribution in [3.63, 3.8) is 0 Å². The van der Waals surface area contributed by atoms with E-state index < -0.39 is 0 Å². The van der Waals surface area contributed by atoms with Crippen molar-refractivity contribution in [2.75, 3.05) is 38.8 Å². The minimum atomic E-state index is -0.263. The van der Waals surface area contributed by atoms with Crippen LogP contribution in [0.15, 0.2) is 18.7 Å². The van der Waals surface area contributed by atoms with Gasteiger partial charge in [-0.1, -0.05) is 6.58 Å². The topological polar surface area (TPSA) is 67.6 Å². The third-order valence-corrected chi connectivity index (χ3v) is 3.13. The summed E-state index contributed by atoms with van der Waals surface area (Å²) in [4.78, 5) is 13.6. The Morgan fingerprint density at radius 2 is 2.20 bits per heavy atom. The van der Waals surface area contributed by atoms with Crippen molar-refractivity contribution in [2.24, 2.45) is 0 Å². The Hall–Kier alpha value is -2.01. The van der Waals surface area contributed by atoms with Gasteiger partial charge < -0.3 is 20.7 Å². The van der Waals surface area contributed by atoms with Gasteiger partial charge in [-0.15, -0.1) is 0 Å². The van der Waals surface area contributed by atoms with Crippen molar-refractivity contribution in [1.82, 2.24) is 4.90 Å². The van der Waals surface area contributed by atoms with E-state index in [4.69, 9.17) is 10.5 Å². The first-order valence-corrected chi connectivity index (χ1v) is 6.44. The van der Waals surface area contributed by atoms with E-state index in [1.54, 1.807) is 13.2 Å². The van der Waals surface area contributed by atoms with Gasteiger partial charge in [-0.05, 0) is 39.6 Å². The number of benzene rings is 1. The molecule has 1 amide bonds. The van der Waals surface area contributed by atoms with Crippen LogP contribution in [-0.4, -0.2) is 38.6 Å². The smallest absolute Gasteiger partial charge is 0.247 e. The van der Waals surface area contributed by atoms with E-state index in [0.717, 1.165) is 29.8 Å². The van der Waals surface area contributed by atoms with Gasteiger partial charge in [0.15, 0.2) is 0 Å². The minimum Gasteiger partial charge on any atom is -0.496 e. The fourth-order valence-electron chi connectivity index (χ4n) is 1.99. The lowest BCUT2D eigenvalue weighted by molar-refractivity contribution is -0.111. The zero-order chi connectivity index (χ0) is 15.3. The molecule has 0 saturated carbocycles. The fraction of sp³-hybridized carbons (Fsp3) is 0.400. The molecule has 1 rings (SSSR count). The summed E-state index contributed by atoms with van der Waals surface area (Å²) < 4.78 is 5.47. The van der Waals surface area contributed by atoms with E-state index >= 15 is 0 Å². The van der Waals surface area contributed by atoms with Crippen molar-refractivity contribution in [3.8, 4) is 5.75 Å². The molecule has 0 radical (unpaired) electrons. The van der Waals surface area contributed by atoms with Crippen molar-refractivity contribution in [1.29, 1.82) is 0 Å². The van der Waals surface area contributed by atoms with Crippen LogP contribution in [0.25, 0.3) is 0 Å². The largest absolute Gasteiger partial charge is 0.496 e. The molecule has 0 spiro atoms. The maximum Gasteiger partial charge on any atom is 0.247 e. The van der Waals surface area contributed by atoms with Gasteiger partial charge in [0, 0.05) is 23.4 Å². The molecule has 0 aliphatic rings. The van der Waals surface area contributed by atoms with Crippen molar-refractivity contribution < 1.29 is 9.53 Å². The number of nitrogen functional groups attached to an aromatic ring is 1. The number of nitrogens with one attached hydrogen (secondary N) is 1. The van der Waals surface area contributed by atoms with Crippen molar-refractivity contribution >= 4 is 17.3 Å². The molecule has 1 aromatic carbocycles. The third-order valence-electron chi connectivity index (χ3n) is 3.13. The van der Waals surface area contributed by atoms with Crippen LogP contribution in [0.3, 0.4) is 0 Å². The molecule has 0 saturated heterocycles. The molecule has 0 fully saturated rings. The zero-order valence-electron chi connectivity index (χ0n) is 12.6. The highest BCUT2D eigenvalue weighted by Crippen LogP contribution is 2.35. The highest BCUT2D eigenvalue weighted by atomic mass is 16.5. The Bertz CT molecular complexity index is 510. The Kier molecular flexibility index (Phi) is 5.58. The van der Waals surface area contributed by atoms with Gasteiger partial charge in [0.25, 0.3) is 0 Å². The van der Waals surface area contributed by atoms with Crippen LogP contribution in [0.1, 0.15) is 11.1 Å². The van der Waals surface area contributed by atoms with E-state index in [1.165, 1.54) is 6.08 Å². The summed E-state index contributed by atoms with van der Waals surface area (Å²) in [6.45, 7) is 6.21. The lowest BCUT2D eigenvalue weighted by atomic mass is 10.0. The highest BCUT2D eigenvalue weighted by Gasteiger charge is 2.16. The fourth-order valence-corrected chi connectivity index (χ4v) is 1.99. The van der Waals surface area contributed by atoms with Gasteiger partial charge in [0.2, 0.25) is 5.91 Å². The van der Waals surface area contributed by atoms with E-state index in [-0.39, 0.29) is 5.91 Å². The van der Waals surface area contributed by atoms with Crippen LogP contribution in [0.2, 0.25) is 0 Å². The van der Waals surface area contributed by atoms with Crippen LogP contribution in [0.4, 0.5) is 11.4 Å². The lowest BCUT2D eigenvalue weighted by Gasteiger charge is -2.19. The minimum absolute atomic E-state index is 0.263. The van der Waals surface area contributed by atoms with Gasteiger partial charge in [0.1, 0.15) is 5.75 Å². The maximum atomic E-state index is 11.5. The molecule has 0 heterocycles. The molecule has 0 aliphatic carbocycles. The van der Waals surface area contributed by atoms with Gasteiger partial charge in [-0.2, -0.15) is 0 Å². The second-order valence-corrected chi connectivity index (χ2v) is 4.90. The van der Waals surface area contributed by atoms with Crippen LogP contribution >= 0.6 is 0 Å². The molecule has 0 atom stereocenters. The van der Waals surface area contributed by atoms with Crippen LogP contribution < -0.4 is 15.8 Å². The predicted molar refractivity (Wildman–Crippen MR) is 83.2 cm³/mol. The number of amides is 1. The van der Waals surface area contributed by atoms with E-state index in [0.29, 0.717) is 11.4 Å². The third kappa shape index (κ3) is 3.74. The number of hydrogen-bond acceptors (Lipinski definition) is 4. The first-order valence-electron chi connectivity index (χ1n) is 6.44. The second-order valence-electron chi connectivity index (χ2n) is 4.90. The van der Waals surface area contributed by atoms with Gasteiger partial charge in [-0.25, -0.2) is 0 Å². The molecule has 0 aliphatic heterocycles. The van der Waals surface area contributed by atoms with Crippen LogP contribution in [-0.2, 0) is 11.2 Å². The average Bonchev–Trinajstić information content (AvgIpc) is 2.40. The predicted octanol–water partition coefficient (Wildman–Crippen LogP) is 1.81. The maximum absolute atomic E-state index is 11.5. The van der Waals surface area contributed by atoms with Crippen molar-refractivity contribution in [3.05, 3.63) is 29.8 Å². The number of carbonyl (C=O) groups excluding carboxylic acids is 1. The number of anilines is 2. The molecule has 5 nitrogen and oxygen atoms in total. The van der Waals surface area contributed by atoms with E-state index in [9.17, 15) is 4.79 Å². The van der Waals surface area contributed by atoms with Crippen LogP contribution in [0, 0.1) is 6.92 Å². The summed E-state index contributed by atoms with van der Waals surface area (Å²) in [5.41, 5.74) is 9.08. The number of carbonyl (C=O) groups is 1. The summed E-state index contributed by atoms with van der Waals surface area (Å²) in [7, 11) is 5.61. The molecule has 20 heavy (non-hydrogen) atoms. The summed E-state index contributed by atoms with van der Waals surface area (Å²) in [5.74, 6) is 0.465. The average molecular weight is 277 g/mol. The van der Waals surface area contributed by atoms with Gasteiger partial charge in [0.05, 0.1) is 12.8 Å². The quantitative estimate of drug-likeness (QED) is 0.615. The van der Waals surface area contributed by atoms with Gasteiger partial charge in [-0.3, -0.25) is 4.79 Å². The Morgan fingerprint density at radius 3 is 2.70 bits per heavy atom. The summed E-state index contributed by atoms with van der Waals surface area (Å²) in [6.07, 6.45) is 1.99. The Morgan fingerprint density at radius 1 is 1.55 bits per heavy atom. The van der Waals surface area contributed by atoms with Gasteiger partial charge >= 0.3 is 0 Å². The second kappa shape index (κ2) is 6.96. The zero-order valence-corrected chi connectivity index (χ0v) is 12.6. The van der Waals surface area contributed by atoms with Crippen molar-refractivity contribution in [2.45, 2.75) is 13.3 Å². The van der Waals surface area contributed by atoms with Crippen LogP contribution in [0.5, 0.6) is 5.75 Å². The normalized spacial score (nSPS) is 10.4.